The van der Waals surface area contributed by atoms with Gasteiger partial charge in [0.1, 0.15) is 5.82 Å². The third-order valence-electron chi connectivity index (χ3n) is 8.84. The van der Waals surface area contributed by atoms with E-state index in [-0.39, 0.29) is 5.82 Å². The van der Waals surface area contributed by atoms with E-state index in [0.29, 0.717) is 17.4 Å². The van der Waals surface area contributed by atoms with Crippen LogP contribution in [-0.4, -0.2) is 0 Å². The Morgan fingerprint density at radius 1 is 0.795 bits per heavy atom. The smallest absolute Gasteiger partial charge is 0.131 e. The molecule has 208 valence electrons. The van der Waals surface area contributed by atoms with E-state index >= 15 is 0 Å². The fourth-order valence-electron chi connectivity index (χ4n) is 6.21. The van der Waals surface area contributed by atoms with Gasteiger partial charge in [0.2, 0.25) is 0 Å². The van der Waals surface area contributed by atoms with Gasteiger partial charge >= 0.3 is 0 Å². The quantitative estimate of drug-likeness (QED) is 0.156. The largest absolute Gasteiger partial charge is 0.206 e. The zero-order valence-electron chi connectivity index (χ0n) is 24.4. The minimum absolute atomic E-state index is 0.131. The van der Waals surface area contributed by atoms with Crippen LogP contribution in [0.4, 0.5) is 4.39 Å². The summed E-state index contributed by atoms with van der Waals surface area (Å²) in [6.45, 7) is 4.49. The average Bonchev–Trinajstić information content (AvgIpc) is 2.97. The van der Waals surface area contributed by atoms with Gasteiger partial charge in [0.15, 0.2) is 0 Å². The topological polar surface area (TPSA) is 0 Å². The molecule has 2 aliphatic rings. The average molecular weight is 525 g/mol. The molecule has 0 heterocycles. The van der Waals surface area contributed by atoms with E-state index < -0.39 is 0 Å². The first-order valence-corrected chi connectivity index (χ1v) is 15.9. The monoisotopic (exact) mass is 524 g/mol. The first kappa shape index (κ1) is 29.4. The molecule has 0 aliphatic heterocycles. The Morgan fingerprint density at radius 3 is 2.26 bits per heavy atom. The van der Waals surface area contributed by atoms with Crippen molar-refractivity contribution in [3.63, 3.8) is 0 Å². The van der Waals surface area contributed by atoms with Crippen molar-refractivity contribution >= 4 is 0 Å². The van der Waals surface area contributed by atoms with Crippen molar-refractivity contribution in [2.24, 2.45) is 23.7 Å². The van der Waals surface area contributed by atoms with Crippen molar-refractivity contribution in [3.05, 3.63) is 83.7 Å². The van der Waals surface area contributed by atoms with E-state index in [1.54, 1.807) is 6.07 Å². The minimum atomic E-state index is -0.131. The zero-order chi connectivity index (χ0) is 27.3. The van der Waals surface area contributed by atoms with Crippen LogP contribution in [0.15, 0.2) is 66.8 Å². The second-order valence-electron chi connectivity index (χ2n) is 12.0. The maximum absolute atomic E-state index is 14.8. The number of unbranched alkanes of at least 4 members (excludes halogenated alkanes) is 4. The van der Waals surface area contributed by atoms with Crippen LogP contribution in [0.5, 0.6) is 0 Å². The molecule has 2 atom stereocenters. The van der Waals surface area contributed by atoms with E-state index in [4.69, 9.17) is 0 Å². The highest BCUT2D eigenvalue weighted by molar-refractivity contribution is 5.65. The summed E-state index contributed by atoms with van der Waals surface area (Å²) in [5.41, 5.74) is 3.67. The molecule has 0 nitrogen and oxygen atoms in total. The van der Waals surface area contributed by atoms with Gasteiger partial charge in [-0.2, -0.15) is 0 Å². The number of halogens is 1. The molecule has 0 saturated heterocycles. The normalized spacial score (nSPS) is 23.1. The van der Waals surface area contributed by atoms with Gasteiger partial charge in [-0.15, -0.1) is 0 Å². The van der Waals surface area contributed by atoms with Gasteiger partial charge in [0, 0.05) is 17.0 Å². The Morgan fingerprint density at radius 2 is 1.56 bits per heavy atom. The Bertz CT molecular complexity index is 1120. The molecule has 2 aromatic rings. The van der Waals surface area contributed by atoms with Crippen LogP contribution in [0.1, 0.15) is 108 Å². The van der Waals surface area contributed by atoms with Crippen LogP contribution in [0.3, 0.4) is 0 Å². The lowest BCUT2D eigenvalue weighted by Gasteiger charge is -2.27. The molecule has 2 aliphatic carbocycles. The van der Waals surface area contributed by atoms with Crippen molar-refractivity contribution in [1.29, 1.82) is 0 Å². The third kappa shape index (κ3) is 9.53. The highest BCUT2D eigenvalue weighted by Gasteiger charge is 2.19. The third-order valence-corrected chi connectivity index (χ3v) is 8.84. The number of aryl methyl sites for hydroxylation is 1. The fraction of sp³-hybridized carbons (Fsp3) is 0.526. The summed E-state index contributed by atoms with van der Waals surface area (Å²) in [5.74, 6) is 9.35. The molecule has 0 amide bonds. The van der Waals surface area contributed by atoms with Crippen LogP contribution >= 0.6 is 0 Å². The van der Waals surface area contributed by atoms with Crippen molar-refractivity contribution in [3.8, 4) is 23.0 Å². The summed E-state index contributed by atoms with van der Waals surface area (Å²) in [4.78, 5) is 0. The number of hydrogen-bond donors (Lipinski definition) is 0. The Balaban J connectivity index is 1.23. The summed E-state index contributed by atoms with van der Waals surface area (Å²) in [6.07, 6.45) is 27.7. The van der Waals surface area contributed by atoms with Gasteiger partial charge < -0.3 is 0 Å². The predicted molar refractivity (Wildman–Crippen MR) is 166 cm³/mol. The Hall–Kier alpha value is -2.59. The molecule has 0 spiro atoms. The maximum Gasteiger partial charge on any atom is 0.131 e. The van der Waals surface area contributed by atoms with E-state index in [2.05, 4.69) is 56.1 Å². The molecule has 2 aromatic carbocycles. The molecule has 0 bridgehead atoms. The van der Waals surface area contributed by atoms with E-state index in [9.17, 15) is 4.39 Å². The summed E-state index contributed by atoms with van der Waals surface area (Å²) in [7, 11) is 0. The van der Waals surface area contributed by atoms with Crippen molar-refractivity contribution in [2.45, 2.75) is 104 Å². The van der Waals surface area contributed by atoms with Gasteiger partial charge in [-0.3, -0.25) is 0 Å². The van der Waals surface area contributed by atoms with Crippen molar-refractivity contribution in [1.82, 2.24) is 0 Å². The molecule has 1 fully saturated rings. The van der Waals surface area contributed by atoms with Crippen LogP contribution in [-0.2, 0) is 6.42 Å². The molecular weight excluding hydrogens is 475 g/mol. The second kappa shape index (κ2) is 15.9. The van der Waals surface area contributed by atoms with Gasteiger partial charge in [-0.05, 0) is 98.4 Å². The number of allylic oxidation sites excluding steroid dienone is 4. The molecule has 1 saturated carbocycles. The van der Waals surface area contributed by atoms with Crippen LogP contribution in [0.25, 0.3) is 11.1 Å². The second-order valence-corrected chi connectivity index (χ2v) is 12.0. The number of hydrogen-bond acceptors (Lipinski definition) is 0. The number of rotatable bonds is 11. The minimum Gasteiger partial charge on any atom is -0.206 e. The van der Waals surface area contributed by atoms with E-state index in [1.807, 2.05) is 30.3 Å². The van der Waals surface area contributed by atoms with Crippen molar-refractivity contribution in [2.75, 3.05) is 0 Å². The van der Waals surface area contributed by atoms with E-state index in [1.165, 1.54) is 70.6 Å². The maximum atomic E-state index is 14.8. The van der Waals surface area contributed by atoms with Gasteiger partial charge in [0.25, 0.3) is 0 Å². The van der Waals surface area contributed by atoms with Gasteiger partial charge in [-0.1, -0.05) is 113 Å². The van der Waals surface area contributed by atoms with Crippen LogP contribution in [0, 0.1) is 41.3 Å². The molecule has 0 aromatic heterocycles. The van der Waals surface area contributed by atoms with Crippen LogP contribution < -0.4 is 0 Å². The SMILES string of the molecule is CCCCCc1ccc(-c2ccc(C#CC3C=CC(/C=C/C4CCC(CCCCC)CC4)CC3)cc2)c(F)c1. The summed E-state index contributed by atoms with van der Waals surface area (Å²) < 4.78 is 14.8. The van der Waals surface area contributed by atoms with Crippen molar-refractivity contribution < 1.29 is 4.39 Å². The molecule has 0 N–H and O–H groups in total. The fourth-order valence-corrected chi connectivity index (χ4v) is 6.21. The first-order chi connectivity index (χ1) is 19.1. The van der Waals surface area contributed by atoms with E-state index in [0.717, 1.165) is 47.8 Å². The van der Waals surface area contributed by atoms with Gasteiger partial charge in [0.05, 0.1) is 0 Å². The standard InChI is InChI=1S/C38H49F/c1-3-5-7-9-30-11-13-31(14-12-30)15-16-32-17-19-33(20-18-32)21-22-34-23-26-36(27-24-34)37-28-25-35(29-38(37)39)10-8-6-4-2/h15-17,19,23-33H,3-14,18,20H2,1-2H3/b16-15+. The molecule has 39 heavy (non-hydrogen) atoms. The van der Waals surface area contributed by atoms with Crippen LogP contribution in [0.2, 0.25) is 0 Å². The molecular formula is C38H49F. The molecule has 1 heteroatoms. The summed E-state index contributed by atoms with van der Waals surface area (Å²) >= 11 is 0. The number of benzene rings is 2. The van der Waals surface area contributed by atoms with Gasteiger partial charge in [-0.25, -0.2) is 4.39 Å². The highest BCUT2D eigenvalue weighted by atomic mass is 19.1. The lowest BCUT2D eigenvalue weighted by Crippen LogP contribution is -2.13. The molecule has 0 radical (unpaired) electrons. The molecule has 2 unspecified atom stereocenters. The Labute approximate surface area is 238 Å². The Kier molecular flexibility index (Phi) is 12.0. The predicted octanol–water partition coefficient (Wildman–Crippen LogP) is 11.1. The summed E-state index contributed by atoms with van der Waals surface area (Å²) in [6, 6.07) is 13.7. The highest BCUT2D eigenvalue weighted by Crippen LogP contribution is 2.33. The lowest BCUT2D eigenvalue weighted by molar-refractivity contribution is 0.289. The first-order valence-electron chi connectivity index (χ1n) is 15.9. The zero-order valence-corrected chi connectivity index (χ0v) is 24.4. The summed E-state index contributed by atoms with van der Waals surface area (Å²) in [5, 5.41) is 0. The lowest BCUT2D eigenvalue weighted by atomic mass is 9.79. The molecule has 4 rings (SSSR count).